The zero-order valence-corrected chi connectivity index (χ0v) is 8.63. The van der Waals surface area contributed by atoms with E-state index in [1.165, 1.54) is 0 Å². The molecule has 1 aromatic heterocycles. The Hall–Kier alpha value is -0.900. The fraction of sp³-hybridized carbons (Fsp3) is 0.444. The highest BCUT2D eigenvalue weighted by atomic mass is 32.2. The molecule has 0 aliphatic heterocycles. The second-order valence-electron chi connectivity index (χ2n) is 2.94. The average Bonchev–Trinajstić information content (AvgIpc) is 2.09. The van der Waals surface area contributed by atoms with Gasteiger partial charge in [-0.25, -0.2) is 8.42 Å². The largest absolute Gasteiger partial charge is 0.260 e. The molecular weight excluding hydrogens is 186 g/mol. The lowest BCUT2D eigenvalue weighted by Crippen LogP contribution is -2.08. The molecule has 1 rings (SSSR count). The quantitative estimate of drug-likeness (QED) is 0.737. The molecule has 0 saturated heterocycles. The van der Waals surface area contributed by atoms with E-state index in [2.05, 4.69) is 4.98 Å². The Balaban J connectivity index is 2.93. The van der Waals surface area contributed by atoms with Gasteiger partial charge in [0.1, 0.15) is 0 Å². The monoisotopic (exact) mass is 199 g/mol. The summed E-state index contributed by atoms with van der Waals surface area (Å²) >= 11 is 0. The van der Waals surface area contributed by atoms with Crippen LogP contribution in [0.4, 0.5) is 0 Å². The molecule has 1 heterocycles. The second kappa shape index (κ2) is 3.87. The summed E-state index contributed by atoms with van der Waals surface area (Å²) in [6.45, 7) is 3.52. The van der Waals surface area contributed by atoms with Crippen LogP contribution < -0.4 is 0 Å². The van der Waals surface area contributed by atoms with E-state index < -0.39 is 9.84 Å². The van der Waals surface area contributed by atoms with Crippen LogP contribution in [0.25, 0.3) is 0 Å². The molecule has 3 nitrogen and oxygen atoms in total. The fourth-order valence-corrected chi connectivity index (χ4v) is 1.90. The zero-order valence-electron chi connectivity index (χ0n) is 7.82. The van der Waals surface area contributed by atoms with Crippen molar-refractivity contribution in [1.82, 2.24) is 4.98 Å². The van der Waals surface area contributed by atoms with Gasteiger partial charge in [0.25, 0.3) is 0 Å². The Bertz CT molecular complexity index is 384. The molecule has 4 heteroatoms. The van der Waals surface area contributed by atoms with Crippen molar-refractivity contribution in [1.29, 1.82) is 0 Å². The van der Waals surface area contributed by atoms with Gasteiger partial charge >= 0.3 is 0 Å². The van der Waals surface area contributed by atoms with Crippen molar-refractivity contribution in [3.8, 4) is 0 Å². The number of rotatable bonds is 3. The van der Waals surface area contributed by atoms with E-state index in [9.17, 15) is 8.42 Å². The molecule has 0 atom stereocenters. The SMILES string of the molecule is CCS(=O)(=O)Cc1ncccc1C. The van der Waals surface area contributed by atoms with E-state index in [0.717, 1.165) is 5.56 Å². The lowest BCUT2D eigenvalue weighted by Gasteiger charge is -2.03. The van der Waals surface area contributed by atoms with E-state index >= 15 is 0 Å². The van der Waals surface area contributed by atoms with Gasteiger partial charge in [-0.2, -0.15) is 0 Å². The predicted octanol–water partition coefficient (Wildman–Crippen LogP) is 1.32. The van der Waals surface area contributed by atoms with Crippen LogP contribution in [-0.4, -0.2) is 19.2 Å². The van der Waals surface area contributed by atoms with E-state index in [1.54, 1.807) is 19.2 Å². The highest BCUT2D eigenvalue weighted by Gasteiger charge is 2.10. The van der Waals surface area contributed by atoms with E-state index in [-0.39, 0.29) is 11.5 Å². The molecule has 1 aromatic rings. The van der Waals surface area contributed by atoms with Crippen LogP contribution in [0.5, 0.6) is 0 Å². The molecule has 13 heavy (non-hydrogen) atoms. The first-order valence-electron chi connectivity index (χ1n) is 4.16. The van der Waals surface area contributed by atoms with Crippen molar-refractivity contribution < 1.29 is 8.42 Å². The highest BCUT2D eigenvalue weighted by Crippen LogP contribution is 2.08. The summed E-state index contributed by atoms with van der Waals surface area (Å²) in [4.78, 5) is 4.03. The fourth-order valence-electron chi connectivity index (χ4n) is 0.980. The number of aromatic nitrogens is 1. The maximum Gasteiger partial charge on any atom is 0.155 e. The number of hydrogen-bond donors (Lipinski definition) is 0. The predicted molar refractivity (Wildman–Crippen MR) is 52.1 cm³/mol. The highest BCUT2D eigenvalue weighted by molar-refractivity contribution is 7.90. The third kappa shape index (κ3) is 2.81. The standard InChI is InChI=1S/C9H13NO2S/c1-3-13(11,12)7-9-8(2)5-4-6-10-9/h4-6H,3,7H2,1-2H3. The van der Waals surface area contributed by atoms with Gasteiger partial charge in [-0.1, -0.05) is 13.0 Å². The molecule has 0 bridgehead atoms. The van der Waals surface area contributed by atoms with Crippen LogP contribution in [-0.2, 0) is 15.6 Å². The number of sulfone groups is 1. The summed E-state index contributed by atoms with van der Waals surface area (Å²) in [7, 11) is -2.96. The van der Waals surface area contributed by atoms with E-state index in [4.69, 9.17) is 0 Å². The first-order chi connectivity index (χ1) is 6.05. The number of aryl methyl sites for hydroxylation is 1. The minimum Gasteiger partial charge on any atom is -0.260 e. The average molecular weight is 199 g/mol. The van der Waals surface area contributed by atoms with Gasteiger partial charge in [-0.05, 0) is 18.6 Å². The Labute approximate surface area is 78.7 Å². The molecule has 0 aromatic carbocycles. The Kier molecular flexibility index (Phi) is 3.03. The third-order valence-corrected chi connectivity index (χ3v) is 3.51. The number of pyridine rings is 1. The molecule has 0 aliphatic rings. The van der Waals surface area contributed by atoms with Gasteiger partial charge in [0.15, 0.2) is 9.84 Å². The summed E-state index contributed by atoms with van der Waals surface area (Å²) in [5, 5.41) is 0. The minimum absolute atomic E-state index is 0.0518. The lowest BCUT2D eigenvalue weighted by molar-refractivity contribution is 0.595. The second-order valence-corrected chi connectivity index (χ2v) is 5.30. The molecule has 0 fully saturated rings. The molecular formula is C9H13NO2S. The first-order valence-corrected chi connectivity index (χ1v) is 5.98. The summed E-state index contributed by atoms with van der Waals surface area (Å²) in [5.74, 6) is 0.221. The van der Waals surface area contributed by atoms with Crippen LogP contribution in [0.2, 0.25) is 0 Å². The van der Waals surface area contributed by atoms with Crippen molar-refractivity contribution in [3.05, 3.63) is 29.6 Å². The first kappa shape index (κ1) is 10.2. The van der Waals surface area contributed by atoms with E-state index in [1.807, 2.05) is 13.0 Å². The Morgan fingerprint density at radius 1 is 1.46 bits per heavy atom. The van der Waals surface area contributed by atoms with Gasteiger partial charge in [0.05, 0.1) is 11.4 Å². The van der Waals surface area contributed by atoms with Crippen molar-refractivity contribution in [2.24, 2.45) is 0 Å². The van der Waals surface area contributed by atoms with Crippen molar-refractivity contribution in [2.45, 2.75) is 19.6 Å². The van der Waals surface area contributed by atoms with Crippen LogP contribution in [0.15, 0.2) is 18.3 Å². The Morgan fingerprint density at radius 2 is 2.15 bits per heavy atom. The van der Waals surface area contributed by atoms with Crippen molar-refractivity contribution in [3.63, 3.8) is 0 Å². The van der Waals surface area contributed by atoms with Crippen LogP contribution in [0.1, 0.15) is 18.2 Å². The molecule has 0 N–H and O–H groups in total. The van der Waals surface area contributed by atoms with Crippen LogP contribution in [0.3, 0.4) is 0 Å². The molecule has 0 amide bonds. The van der Waals surface area contributed by atoms with Crippen LogP contribution in [0, 0.1) is 6.92 Å². The summed E-state index contributed by atoms with van der Waals surface area (Å²) < 4.78 is 22.6. The van der Waals surface area contributed by atoms with Gasteiger partial charge in [-0.15, -0.1) is 0 Å². The van der Waals surface area contributed by atoms with Crippen molar-refractivity contribution in [2.75, 3.05) is 5.75 Å². The van der Waals surface area contributed by atoms with Gasteiger partial charge in [-0.3, -0.25) is 4.98 Å². The Morgan fingerprint density at radius 3 is 2.69 bits per heavy atom. The maximum atomic E-state index is 11.3. The minimum atomic E-state index is -2.96. The normalized spacial score (nSPS) is 11.5. The molecule has 72 valence electrons. The molecule has 0 saturated carbocycles. The van der Waals surface area contributed by atoms with Crippen molar-refractivity contribution >= 4 is 9.84 Å². The summed E-state index contributed by atoms with van der Waals surface area (Å²) in [5.41, 5.74) is 1.59. The zero-order chi connectivity index (χ0) is 9.90. The maximum absolute atomic E-state index is 11.3. The molecule has 0 spiro atoms. The van der Waals surface area contributed by atoms with Gasteiger partial charge in [0.2, 0.25) is 0 Å². The topological polar surface area (TPSA) is 47.0 Å². The number of hydrogen-bond acceptors (Lipinski definition) is 3. The summed E-state index contributed by atoms with van der Waals surface area (Å²) in [6, 6.07) is 3.67. The summed E-state index contributed by atoms with van der Waals surface area (Å²) in [6.07, 6.45) is 1.62. The molecule has 0 aliphatic carbocycles. The number of nitrogens with zero attached hydrogens (tertiary/aromatic N) is 1. The molecule has 0 unspecified atom stereocenters. The lowest BCUT2D eigenvalue weighted by atomic mass is 10.2. The van der Waals surface area contributed by atoms with E-state index in [0.29, 0.717) is 5.69 Å². The van der Waals surface area contributed by atoms with Crippen LogP contribution >= 0.6 is 0 Å². The smallest absolute Gasteiger partial charge is 0.155 e. The van der Waals surface area contributed by atoms with Gasteiger partial charge < -0.3 is 0 Å². The van der Waals surface area contributed by atoms with Gasteiger partial charge in [0, 0.05) is 11.9 Å². The molecule has 0 radical (unpaired) electrons. The third-order valence-electron chi connectivity index (χ3n) is 1.91.